The molecule has 0 radical (unpaired) electrons. The lowest BCUT2D eigenvalue weighted by Gasteiger charge is -2.12. The van der Waals surface area contributed by atoms with Crippen LogP contribution in [0.15, 0.2) is 23.3 Å². The SMILES string of the molecule is CC1=Nc2cccnc2OC1. The van der Waals surface area contributed by atoms with Crippen molar-refractivity contribution in [3.05, 3.63) is 18.3 Å². The molecule has 11 heavy (non-hydrogen) atoms. The Morgan fingerprint density at radius 1 is 1.55 bits per heavy atom. The molecular weight excluding hydrogens is 140 g/mol. The molecule has 0 N–H and O–H groups in total. The second-order valence-electron chi connectivity index (χ2n) is 2.46. The predicted octanol–water partition coefficient (Wildman–Crippen LogP) is 1.57. The number of rotatable bonds is 0. The van der Waals surface area contributed by atoms with Crippen LogP contribution in [0.5, 0.6) is 5.88 Å². The van der Waals surface area contributed by atoms with Crippen LogP contribution >= 0.6 is 0 Å². The first kappa shape index (κ1) is 6.34. The summed E-state index contributed by atoms with van der Waals surface area (Å²) in [4.78, 5) is 8.30. The summed E-state index contributed by atoms with van der Waals surface area (Å²) in [5, 5.41) is 0. The Balaban J connectivity index is 2.51. The van der Waals surface area contributed by atoms with Crippen molar-refractivity contribution in [1.29, 1.82) is 0 Å². The number of aliphatic imine (C=N–C) groups is 1. The summed E-state index contributed by atoms with van der Waals surface area (Å²) in [6.45, 7) is 2.50. The van der Waals surface area contributed by atoms with E-state index in [1.54, 1.807) is 6.20 Å². The van der Waals surface area contributed by atoms with Gasteiger partial charge in [0.05, 0.1) is 5.71 Å². The maximum Gasteiger partial charge on any atom is 0.240 e. The molecule has 1 aromatic rings. The van der Waals surface area contributed by atoms with E-state index in [2.05, 4.69) is 9.98 Å². The molecule has 0 saturated heterocycles. The summed E-state index contributed by atoms with van der Waals surface area (Å²) in [5.41, 5.74) is 1.82. The normalized spacial score (nSPS) is 14.8. The van der Waals surface area contributed by atoms with E-state index in [0.717, 1.165) is 11.4 Å². The van der Waals surface area contributed by atoms with Gasteiger partial charge in [0.2, 0.25) is 5.88 Å². The Morgan fingerprint density at radius 3 is 3.36 bits per heavy atom. The van der Waals surface area contributed by atoms with E-state index in [1.807, 2.05) is 19.1 Å². The van der Waals surface area contributed by atoms with Gasteiger partial charge in [0.15, 0.2) is 0 Å². The molecule has 1 aliphatic rings. The fourth-order valence-corrected chi connectivity index (χ4v) is 0.989. The molecule has 2 heterocycles. The van der Waals surface area contributed by atoms with Gasteiger partial charge < -0.3 is 4.74 Å². The van der Waals surface area contributed by atoms with E-state index in [9.17, 15) is 0 Å². The van der Waals surface area contributed by atoms with Crippen molar-refractivity contribution in [2.45, 2.75) is 6.92 Å². The third-order valence-corrected chi connectivity index (χ3v) is 1.48. The third kappa shape index (κ3) is 1.09. The average molecular weight is 148 g/mol. The van der Waals surface area contributed by atoms with E-state index in [4.69, 9.17) is 4.74 Å². The van der Waals surface area contributed by atoms with Gasteiger partial charge in [0, 0.05) is 6.20 Å². The Bertz CT molecular complexity index is 307. The van der Waals surface area contributed by atoms with Crippen molar-refractivity contribution in [2.75, 3.05) is 6.61 Å². The molecule has 0 bridgehead atoms. The maximum absolute atomic E-state index is 5.29. The molecule has 1 aliphatic heterocycles. The third-order valence-electron chi connectivity index (χ3n) is 1.48. The summed E-state index contributed by atoms with van der Waals surface area (Å²) < 4.78 is 5.29. The van der Waals surface area contributed by atoms with Gasteiger partial charge in [-0.2, -0.15) is 0 Å². The lowest BCUT2D eigenvalue weighted by molar-refractivity contribution is 0.357. The number of nitrogens with zero attached hydrogens (tertiary/aromatic N) is 2. The monoisotopic (exact) mass is 148 g/mol. The molecule has 0 atom stereocenters. The zero-order chi connectivity index (χ0) is 7.68. The minimum atomic E-state index is 0.560. The number of hydrogen-bond donors (Lipinski definition) is 0. The molecule has 0 aromatic carbocycles. The van der Waals surface area contributed by atoms with Gasteiger partial charge in [-0.1, -0.05) is 0 Å². The van der Waals surface area contributed by atoms with E-state index >= 15 is 0 Å². The van der Waals surface area contributed by atoms with Crippen molar-refractivity contribution in [3.63, 3.8) is 0 Å². The predicted molar refractivity (Wildman–Crippen MR) is 42.5 cm³/mol. The van der Waals surface area contributed by atoms with Gasteiger partial charge in [-0.05, 0) is 19.1 Å². The largest absolute Gasteiger partial charge is 0.470 e. The number of aromatic nitrogens is 1. The minimum absolute atomic E-state index is 0.560. The van der Waals surface area contributed by atoms with Gasteiger partial charge in [-0.15, -0.1) is 0 Å². The van der Waals surface area contributed by atoms with Crippen LogP contribution < -0.4 is 4.74 Å². The lowest BCUT2D eigenvalue weighted by Crippen LogP contribution is -2.11. The smallest absolute Gasteiger partial charge is 0.240 e. The van der Waals surface area contributed by atoms with Gasteiger partial charge in [-0.3, -0.25) is 0 Å². The van der Waals surface area contributed by atoms with Crippen molar-refractivity contribution in [2.24, 2.45) is 4.99 Å². The highest BCUT2D eigenvalue weighted by Crippen LogP contribution is 2.26. The summed E-state index contributed by atoms with van der Waals surface area (Å²) in [6, 6.07) is 3.75. The summed E-state index contributed by atoms with van der Waals surface area (Å²) in [6.07, 6.45) is 1.70. The summed E-state index contributed by atoms with van der Waals surface area (Å²) >= 11 is 0. The fraction of sp³-hybridized carbons (Fsp3) is 0.250. The molecule has 0 unspecified atom stereocenters. The van der Waals surface area contributed by atoms with Crippen LogP contribution in [-0.4, -0.2) is 17.3 Å². The van der Waals surface area contributed by atoms with Crippen LogP contribution in [-0.2, 0) is 0 Å². The first-order chi connectivity index (χ1) is 5.36. The van der Waals surface area contributed by atoms with Crippen molar-refractivity contribution in [3.8, 4) is 5.88 Å². The van der Waals surface area contributed by atoms with E-state index in [0.29, 0.717) is 12.5 Å². The fourth-order valence-electron chi connectivity index (χ4n) is 0.989. The molecule has 2 rings (SSSR count). The van der Waals surface area contributed by atoms with Crippen LogP contribution in [0, 0.1) is 0 Å². The van der Waals surface area contributed by atoms with Gasteiger partial charge in [0.1, 0.15) is 12.3 Å². The number of ether oxygens (including phenoxy) is 1. The topological polar surface area (TPSA) is 34.5 Å². The van der Waals surface area contributed by atoms with E-state index < -0.39 is 0 Å². The standard InChI is InChI=1S/C8H8N2O/c1-6-5-11-8-7(10-6)3-2-4-9-8/h2-4H,5H2,1H3. The van der Waals surface area contributed by atoms with Crippen LogP contribution in [0.25, 0.3) is 0 Å². The first-order valence-electron chi connectivity index (χ1n) is 3.48. The number of hydrogen-bond acceptors (Lipinski definition) is 3. The van der Waals surface area contributed by atoms with Crippen molar-refractivity contribution >= 4 is 11.4 Å². The number of pyridine rings is 1. The zero-order valence-electron chi connectivity index (χ0n) is 6.24. The summed E-state index contributed by atoms with van der Waals surface area (Å²) in [7, 11) is 0. The van der Waals surface area contributed by atoms with Gasteiger partial charge in [0.25, 0.3) is 0 Å². The van der Waals surface area contributed by atoms with Crippen molar-refractivity contribution < 1.29 is 4.74 Å². The molecular formula is C8H8N2O. The Labute approximate surface area is 64.7 Å². The van der Waals surface area contributed by atoms with Crippen LogP contribution in [0.3, 0.4) is 0 Å². The van der Waals surface area contributed by atoms with Crippen LogP contribution in [0.4, 0.5) is 5.69 Å². The Kier molecular flexibility index (Phi) is 1.35. The highest BCUT2D eigenvalue weighted by atomic mass is 16.5. The molecule has 56 valence electrons. The molecule has 0 saturated carbocycles. The quantitative estimate of drug-likeness (QED) is 0.559. The Hall–Kier alpha value is -1.38. The average Bonchev–Trinajstić information content (AvgIpc) is 2.04. The molecule has 0 aliphatic carbocycles. The maximum atomic E-state index is 5.29. The van der Waals surface area contributed by atoms with Gasteiger partial charge in [-0.25, -0.2) is 9.98 Å². The minimum Gasteiger partial charge on any atom is -0.470 e. The van der Waals surface area contributed by atoms with E-state index in [1.165, 1.54) is 0 Å². The second-order valence-corrected chi connectivity index (χ2v) is 2.46. The summed E-state index contributed by atoms with van der Waals surface area (Å²) in [5.74, 6) is 0.637. The van der Waals surface area contributed by atoms with Gasteiger partial charge >= 0.3 is 0 Å². The molecule has 0 fully saturated rings. The highest BCUT2D eigenvalue weighted by molar-refractivity contribution is 5.87. The van der Waals surface area contributed by atoms with Crippen LogP contribution in [0.1, 0.15) is 6.92 Å². The first-order valence-corrected chi connectivity index (χ1v) is 3.48. The molecule has 0 spiro atoms. The molecule has 3 heteroatoms. The Morgan fingerprint density at radius 2 is 2.45 bits per heavy atom. The molecule has 0 amide bonds. The highest BCUT2D eigenvalue weighted by Gasteiger charge is 2.09. The molecule has 3 nitrogen and oxygen atoms in total. The van der Waals surface area contributed by atoms with Crippen molar-refractivity contribution in [1.82, 2.24) is 4.98 Å². The van der Waals surface area contributed by atoms with Crippen LogP contribution in [0.2, 0.25) is 0 Å². The molecule has 1 aromatic heterocycles. The lowest BCUT2D eigenvalue weighted by atomic mass is 10.3. The second kappa shape index (κ2) is 2.34. The number of fused-ring (bicyclic) bond motifs is 1. The van der Waals surface area contributed by atoms with E-state index in [-0.39, 0.29) is 0 Å². The zero-order valence-corrected chi connectivity index (χ0v) is 6.24.